The van der Waals surface area contributed by atoms with E-state index < -0.39 is 28.5 Å². The number of aryl methyl sites for hydroxylation is 2. The fourth-order valence-corrected chi connectivity index (χ4v) is 4.85. The number of rotatable bonds is 12. The van der Waals surface area contributed by atoms with Crippen LogP contribution in [0.4, 0.5) is 5.69 Å². The highest BCUT2D eigenvalue weighted by Gasteiger charge is 2.32. The van der Waals surface area contributed by atoms with Crippen LogP contribution in [0.25, 0.3) is 0 Å². The van der Waals surface area contributed by atoms with Gasteiger partial charge in [0.15, 0.2) is 0 Å². The van der Waals surface area contributed by atoms with Crippen LogP contribution in [0.1, 0.15) is 43.9 Å². The summed E-state index contributed by atoms with van der Waals surface area (Å²) >= 11 is 0. The summed E-state index contributed by atoms with van der Waals surface area (Å²) in [4.78, 5) is 28.3. The number of nitrogens with one attached hydrogen (secondary N) is 1. The van der Waals surface area contributed by atoms with Gasteiger partial charge >= 0.3 is 0 Å². The largest absolute Gasteiger partial charge is 0.497 e. The van der Waals surface area contributed by atoms with Crippen molar-refractivity contribution in [2.75, 3.05) is 30.8 Å². The van der Waals surface area contributed by atoms with E-state index in [0.29, 0.717) is 24.4 Å². The van der Waals surface area contributed by atoms with Crippen molar-refractivity contribution in [3.05, 3.63) is 59.2 Å². The number of methoxy groups -OCH3 is 1. The van der Waals surface area contributed by atoms with Gasteiger partial charge in [0.05, 0.1) is 19.1 Å². The number of nitrogens with zero attached hydrogens (tertiary/aromatic N) is 2. The minimum atomic E-state index is -3.77. The molecule has 36 heavy (non-hydrogen) atoms. The molecule has 2 aromatic rings. The summed E-state index contributed by atoms with van der Waals surface area (Å²) in [6.45, 7) is 9.77. The van der Waals surface area contributed by atoms with Gasteiger partial charge in [0.1, 0.15) is 18.3 Å². The van der Waals surface area contributed by atoms with E-state index in [1.165, 1.54) is 4.90 Å². The summed E-state index contributed by atoms with van der Waals surface area (Å²) in [5.41, 5.74) is 2.97. The topological polar surface area (TPSA) is 96.0 Å². The second-order valence-electron chi connectivity index (χ2n) is 9.55. The van der Waals surface area contributed by atoms with Crippen LogP contribution >= 0.6 is 0 Å². The second-order valence-corrected chi connectivity index (χ2v) is 11.5. The third-order valence-electron chi connectivity index (χ3n) is 5.73. The normalized spacial score (nSPS) is 12.2. The molecule has 0 heterocycles. The number of hydrogen-bond acceptors (Lipinski definition) is 5. The first-order valence-electron chi connectivity index (χ1n) is 12.1. The van der Waals surface area contributed by atoms with Crippen LogP contribution in [0, 0.1) is 19.8 Å². The summed E-state index contributed by atoms with van der Waals surface area (Å²) in [7, 11) is -2.21. The molecule has 0 aliphatic carbocycles. The van der Waals surface area contributed by atoms with Crippen LogP contribution in [-0.4, -0.2) is 57.6 Å². The van der Waals surface area contributed by atoms with Crippen LogP contribution in [0.2, 0.25) is 0 Å². The molecular weight excluding hydrogens is 478 g/mol. The summed E-state index contributed by atoms with van der Waals surface area (Å²) < 4.78 is 31.9. The number of hydrogen-bond donors (Lipinski definition) is 1. The van der Waals surface area contributed by atoms with E-state index in [0.717, 1.165) is 27.3 Å². The summed E-state index contributed by atoms with van der Waals surface area (Å²) in [6.07, 6.45) is 1.46. The number of amides is 2. The SMILES string of the molecule is CCC(C(=O)NCC(C)C)N(Cc1cccc(OC)c1)C(=O)CN(c1cc(C)cc(C)c1)S(C)(=O)=O. The highest BCUT2D eigenvalue weighted by Crippen LogP contribution is 2.23. The van der Waals surface area contributed by atoms with E-state index >= 15 is 0 Å². The van der Waals surface area contributed by atoms with Crippen LogP contribution in [-0.2, 0) is 26.2 Å². The van der Waals surface area contributed by atoms with Crippen molar-refractivity contribution in [1.29, 1.82) is 0 Å². The Kier molecular flexibility index (Phi) is 10.3. The van der Waals surface area contributed by atoms with Gasteiger partial charge in [0.2, 0.25) is 21.8 Å². The molecule has 2 aromatic carbocycles. The molecule has 1 N–H and O–H groups in total. The molecule has 1 atom stereocenters. The number of carbonyl (C=O) groups is 2. The molecule has 0 aliphatic rings. The minimum Gasteiger partial charge on any atom is -0.497 e. The Morgan fingerprint density at radius 2 is 1.69 bits per heavy atom. The lowest BCUT2D eigenvalue weighted by Gasteiger charge is -2.33. The highest BCUT2D eigenvalue weighted by molar-refractivity contribution is 7.92. The zero-order chi connectivity index (χ0) is 27.0. The van der Waals surface area contributed by atoms with Gasteiger partial charge in [-0.15, -0.1) is 0 Å². The smallest absolute Gasteiger partial charge is 0.244 e. The average Bonchev–Trinajstić information content (AvgIpc) is 2.79. The Balaban J connectivity index is 2.47. The van der Waals surface area contributed by atoms with Gasteiger partial charge in [-0.3, -0.25) is 13.9 Å². The van der Waals surface area contributed by atoms with Gasteiger partial charge in [-0.25, -0.2) is 8.42 Å². The zero-order valence-electron chi connectivity index (χ0n) is 22.4. The lowest BCUT2D eigenvalue weighted by atomic mass is 10.1. The van der Waals surface area contributed by atoms with Gasteiger partial charge in [-0.05, 0) is 67.1 Å². The fraction of sp³-hybridized carbons (Fsp3) is 0.481. The molecule has 1 unspecified atom stereocenters. The van der Waals surface area contributed by atoms with Gasteiger partial charge in [0.25, 0.3) is 0 Å². The standard InChI is InChI=1S/C27H39N3O5S/c1-8-25(27(32)28-16-19(2)3)29(17-22-10-9-11-24(15-22)35-6)26(31)18-30(36(7,33)34)23-13-20(4)12-21(5)14-23/h9-15,19,25H,8,16-18H2,1-7H3,(H,28,32). The molecule has 2 rings (SSSR count). The molecule has 0 radical (unpaired) electrons. The Bertz CT molecular complexity index is 1140. The Morgan fingerprint density at radius 1 is 1.06 bits per heavy atom. The maximum absolute atomic E-state index is 13.8. The number of benzene rings is 2. The van der Waals surface area contributed by atoms with E-state index in [4.69, 9.17) is 4.74 Å². The lowest BCUT2D eigenvalue weighted by molar-refractivity contribution is -0.140. The molecule has 0 spiro atoms. The molecule has 2 amide bonds. The van der Waals surface area contributed by atoms with E-state index in [-0.39, 0.29) is 18.4 Å². The molecule has 0 bridgehead atoms. The third-order valence-corrected chi connectivity index (χ3v) is 6.87. The summed E-state index contributed by atoms with van der Waals surface area (Å²) in [5.74, 6) is 0.151. The van der Waals surface area contributed by atoms with E-state index in [9.17, 15) is 18.0 Å². The van der Waals surface area contributed by atoms with Crippen molar-refractivity contribution in [2.45, 2.75) is 53.6 Å². The molecule has 0 saturated heterocycles. The quantitative estimate of drug-likeness (QED) is 0.464. The molecule has 0 fully saturated rings. The maximum atomic E-state index is 13.8. The maximum Gasteiger partial charge on any atom is 0.244 e. The summed E-state index contributed by atoms with van der Waals surface area (Å²) in [5, 5.41) is 2.92. The van der Waals surface area contributed by atoms with Crippen LogP contribution in [0.3, 0.4) is 0 Å². The van der Waals surface area contributed by atoms with Crippen molar-refractivity contribution in [1.82, 2.24) is 10.2 Å². The predicted molar refractivity (Wildman–Crippen MR) is 144 cm³/mol. The van der Waals surface area contributed by atoms with Gasteiger partial charge in [-0.2, -0.15) is 0 Å². The molecule has 0 saturated carbocycles. The third kappa shape index (κ3) is 8.26. The average molecular weight is 518 g/mol. The van der Waals surface area contributed by atoms with Crippen molar-refractivity contribution >= 4 is 27.5 Å². The first-order chi connectivity index (χ1) is 16.8. The Labute approximate surface area is 215 Å². The number of anilines is 1. The van der Waals surface area contributed by atoms with E-state index in [1.54, 1.807) is 31.4 Å². The molecule has 0 aromatic heterocycles. The number of ether oxygens (including phenoxy) is 1. The van der Waals surface area contributed by atoms with Crippen LogP contribution in [0.15, 0.2) is 42.5 Å². The second kappa shape index (κ2) is 12.8. The van der Waals surface area contributed by atoms with Crippen molar-refractivity contribution < 1.29 is 22.7 Å². The first-order valence-corrected chi connectivity index (χ1v) is 14.0. The Hall–Kier alpha value is -3.07. The van der Waals surface area contributed by atoms with Crippen molar-refractivity contribution in [2.24, 2.45) is 5.92 Å². The molecule has 8 nitrogen and oxygen atoms in total. The molecular formula is C27H39N3O5S. The van der Waals surface area contributed by atoms with Gasteiger partial charge in [-0.1, -0.05) is 39.0 Å². The van der Waals surface area contributed by atoms with Crippen molar-refractivity contribution in [3.8, 4) is 5.75 Å². The number of sulfonamides is 1. The van der Waals surface area contributed by atoms with Gasteiger partial charge in [0, 0.05) is 13.1 Å². The van der Waals surface area contributed by atoms with Gasteiger partial charge < -0.3 is 15.0 Å². The number of carbonyl (C=O) groups excluding carboxylic acids is 2. The van der Waals surface area contributed by atoms with E-state index in [1.807, 2.05) is 52.8 Å². The minimum absolute atomic E-state index is 0.133. The first kappa shape index (κ1) is 29.2. The monoisotopic (exact) mass is 517 g/mol. The fourth-order valence-electron chi connectivity index (χ4n) is 4.02. The Morgan fingerprint density at radius 3 is 2.22 bits per heavy atom. The highest BCUT2D eigenvalue weighted by atomic mass is 32.2. The molecule has 198 valence electrons. The lowest BCUT2D eigenvalue weighted by Crippen LogP contribution is -2.52. The van der Waals surface area contributed by atoms with Crippen LogP contribution in [0.5, 0.6) is 5.75 Å². The molecule has 0 aliphatic heterocycles. The predicted octanol–water partition coefficient (Wildman–Crippen LogP) is 3.66. The van der Waals surface area contributed by atoms with E-state index in [2.05, 4.69) is 5.32 Å². The zero-order valence-corrected chi connectivity index (χ0v) is 23.2. The van der Waals surface area contributed by atoms with Crippen LogP contribution < -0.4 is 14.4 Å². The molecule has 9 heteroatoms. The summed E-state index contributed by atoms with van der Waals surface area (Å²) in [6, 6.07) is 11.9. The van der Waals surface area contributed by atoms with Crippen molar-refractivity contribution in [3.63, 3.8) is 0 Å².